The molecule has 1 aromatic rings. The fraction of sp³-hybridized carbons (Fsp3) is 0.550. The zero-order chi connectivity index (χ0) is 27.2. The third kappa shape index (κ3) is 13.8. The van der Waals surface area contributed by atoms with Crippen LogP contribution in [0.15, 0.2) is 29.3 Å². The van der Waals surface area contributed by atoms with E-state index in [9.17, 15) is 32.4 Å². The van der Waals surface area contributed by atoms with Crippen LogP contribution in [0.3, 0.4) is 0 Å². The van der Waals surface area contributed by atoms with E-state index in [0.717, 1.165) is 6.26 Å². The number of benzene rings is 1. The van der Waals surface area contributed by atoms with Crippen molar-refractivity contribution in [2.24, 2.45) is 4.99 Å². The number of carbonyl (C=O) groups excluding carboxylic acids is 2. The molecule has 5 N–H and O–H groups in total. The lowest BCUT2D eigenvalue weighted by atomic mass is 10.1. The highest BCUT2D eigenvalue weighted by Gasteiger charge is 2.31. The minimum atomic E-state index is -4.78. The van der Waals surface area contributed by atoms with Gasteiger partial charge in [-0.05, 0) is 59.2 Å². The van der Waals surface area contributed by atoms with Crippen LogP contribution in [-0.2, 0) is 30.5 Å². The zero-order valence-corrected chi connectivity index (χ0v) is 22.4. The third-order valence-electron chi connectivity index (χ3n) is 3.60. The van der Waals surface area contributed by atoms with Gasteiger partial charge in [0, 0.05) is 6.42 Å². The van der Waals surface area contributed by atoms with E-state index in [1.54, 1.807) is 41.5 Å². The number of carbonyl (C=O) groups is 2. The Morgan fingerprint density at radius 3 is 1.74 bits per heavy atom. The number of amides is 2. The molecule has 35 heavy (non-hydrogen) atoms. The topological polar surface area (TPSA) is 193 Å². The van der Waals surface area contributed by atoms with Crippen LogP contribution in [0.1, 0.15) is 47.1 Å². The van der Waals surface area contributed by atoms with Gasteiger partial charge in [0.15, 0.2) is 0 Å². The van der Waals surface area contributed by atoms with Crippen LogP contribution < -0.4 is 15.4 Å². The summed E-state index contributed by atoms with van der Waals surface area (Å²) < 4.78 is 46.8. The SMILES string of the molecule is CC(C)(C)OC(=O)NC(=Nc1ccc(CC(NS(C)(=O)=O)P(=O)(O)O)cc1)NC(=O)OC(C)(C)C. The molecule has 1 aromatic carbocycles. The molecular formula is C20H33N4O9PS. The number of guanidine groups is 1. The van der Waals surface area contributed by atoms with Crippen LogP contribution in [-0.4, -0.2) is 59.6 Å². The summed E-state index contributed by atoms with van der Waals surface area (Å²) in [7, 11) is -8.65. The van der Waals surface area contributed by atoms with Crippen molar-refractivity contribution in [3.63, 3.8) is 0 Å². The van der Waals surface area contributed by atoms with Crippen LogP contribution in [0.2, 0.25) is 0 Å². The minimum Gasteiger partial charge on any atom is -0.444 e. The van der Waals surface area contributed by atoms with E-state index in [-0.39, 0.29) is 18.1 Å². The molecule has 0 saturated carbocycles. The summed E-state index contributed by atoms with van der Waals surface area (Å²) >= 11 is 0. The van der Waals surface area contributed by atoms with E-state index < -0.39 is 46.8 Å². The first-order valence-electron chi connectivity index (χ1n) is 10.3. The van der Waals surface area contributed by atoms with Crippen LogP contribution in [0, 0.1) is 0 Å². The van der Waals surface area contributed by atoms with E-state index >= 15 is 0 Å². The summed E-state index contributed by atoms with van der Waals surface area (Å²) in [5.74, 6) is -1.93. The van der Waals surface area contributed by atoms with Crippen LogP contribution in [0.25, 0.3) is 0 Å². The average Bonchev–Trinajstić information content (AvgIpc) is 2.57. The summed E-state index contributed by atoms with van der Waals surface area (Å²) in [6.45, 7) is 9.96. The highest BCUT2D eigenvalue weighted by atomic mass is 32.2. The number of ether oxygens (including phenoxy) is 2. The number of hydrogen-bond acceptors (Lipinski definition) is 8. The first-order chi connectivity index (χ1) is 15.6. The standard InChI is InChI=1S/C20H33N4O9PS/c1-19(2,3)32-17(25)22-16(23-18(26)33-20(4,5)6)21-14-10-8-13(9-11-14)12-15(34(27,28)29)24-35(7,30)31/h8-11,15,24H,12H2,1-7H3,(H2,27,28,29)(H2,21,22,23,25,26). The van der Waals surface area contributed by atoms with Crippen molar-refractivity contribution in [2.45, 2.75) is 64.9 Å². The lowest BCUT2D eigenvalue weighted by Gasteiger charge is -2.22. The van der Waals surface area contributed by atoms with Gasteiger partial charge in [0.05, 0.1) is 11.9 Å². The Kier molecular flexibility index (Phi) is 10.0. The van der Waals surface area contributed by atoms with Gasteiger partial charge in [-0.3, -0.25) is 15.2 Å². The molecule has 15 heteroatoms. The van der Waals surface area contributed by atoms with Crippen LogP contribution in [0.4, 0.5) is 15.3 Å². The predicted octanol–water partition coefficient (Wildman–Crippen LogP) is 2.32. The molecule has 0 aliphatic rings. The van der Waals surface area contributed by atoms with Gasteiger partial charge in [-0.1, -0.05) is 12.1 Å². The number of alkyl carbamates (subject to hydrolysis) is 2. The fourth-order valence-electron chi connectivity index (χ4n) is 2.42. The summed E-state index contributed by atoms with van der Waals surface area (Å²) in [4.78, 5) is 47.4. The molecule has 1 rings (SSSR count). The predicted molar refractivity (Wildman–Crippen MR) is 130 cm³/mol. The molecule has 0 aliphatic carbocycles. The van der Waals surface area contributed by atoms with Gasteiger partial charge >= 0.3 is 19.8 Å². The number of aliphatic imine (C=N–C) groups is 1. The van der Waals surface area contributed by atoms with Gasteiger partial charge in [-0.2, -0.15) is 4.72 Å². The van der Waals surface area contributed by atoms with Gasteiger partial charge in [-0.25, -0.2) is 23.0 Å². The average molecular weight is 537 g/mol. The van der Waals surface area contributed by atoms with Crippen molar-refractivity contribution < 1.29 is 41.8 Å². The highest BCUT2D eigenvalue weighted by Crippen LogP contribution is 2.41. The van der Waals surface area contributed by atoms with E-state index in [0.29, 0.717) is 5.56 Å². The monoisotopic (exact) mass is 536 g/mol. The van der Waals surface area contributed by atoms with Crippen molar-refractivity contribution >= 4 is 41.5 Å². The maximum Gasteiger partial charge on any atom is 0.414 e. The number of nitrogens with one attached hydrogen (secondary N) is 3. The van der Waals surface area contributed by atoms with Crippen molar-refractivity contribution in [2.75, 3.05) is 6.26 Å². The van der Waals surface area contributed by atoms with E-state index in [1.807, 2.05) is 4.72 Å². The Hall–Kier alpha value is -2.51. The van der Waals surface area contributed by atoms with Gasteiger partial charge in [0.1, 0.15) is 17.0 Å². The Morgan fingerprint density at radius 2 is 1.40 bits per heavy atom. The van der Waals surface area contributed by atoms with Crippen LogP contribution in [0.5, 0.6) is 0 Å². The summed E-state index contributed by atoms with van der Waals surface area (Å²) in [6, 6.07) is 5.81. The first kappa shape index (κ1) is 30.5. The van der Waals surface area contributed by atoms with E-state index in [2.05, 4.69) is 15.6 Å². The third-order valence-corrected chi connectivity index (χ3v) is 5.61. The second-order valence-corrected chi connectivity index (χ2v) is 13.2. The number of nitrogens with zero attached hydrogens (tertiary/aromatic N) is 1. The molecule has 13 nitrogen and oxygen atoms in total. The van der Waals surface area contributed by atoms with Gasteiger partial charge in [0.25, 0.3) is 0 Å². The van der Waals surface area contributed by atoms with E-state index in [1.165, 1.54) is 24.3 Å². The second kappa shape index (κ2) is 11.5. The lowest BCUT2D eigenvalue weighted by Crippen LogP contribution is -2.47. The molecule has 0 fully saturated rings. The molecule has 0 spiro atoms. The summed E-state index contributed by atoms with van der Waals surface area (Å²) in [5, 5.41) is 4.66. The van der Waals surface area contributed by atoms with Crippen LogP contribution >= 0.6 is 7.60 Å². The molecule has 0 bridgehead atoms. The molecule has 2 amide bonds. The molecule has 1 unspecified atom stereocenters. The van der Waals surface area contributed by atoms with Gasteiger partial charge in [0.2, 0.25) is 16.0 Å². The molecule has 198 valence electrons. The molecule has 0 radical (unpaired) electrons. The number of hydrogen-bond donors (Lipinski definition) is 5. The quantitative estimate of drug-likeness (QED) is 0.206. The summed E-state index contributed by atoms with van der Waals surface area (Å²) in [5.41, 5.74) is -0.967. The fourth-order valence-corrected chi connectivity index (χ4v) is 4.57. The largest absolute Gasteiger partial charge is 0.444 e. The zero-order valence-electron chi connectivity index (χ0n) is 20.6. The number of rotatable bonds is 6. The van der Waals surface area contributed by atoms with Crippen molar-refractivity contribution in [3.05, 3.63) is 29.8 Å². The molecule has 0 heterocycles. The summed E-state index contributed by atoms with van der Waals surface area (Å²) in [6.07, 6.45) is -1.24. The van der Waals surface area contributed by atoms with Crippen molar-refractivity contribution in [1.82, 2.24) is 15.4 Å². The maximum atomic E-state index is 12.2. The minimum absolute atomic E-state index is 0.250. The molecule has 1 atom stereocenters. The molecule has 0 aliphatic heterocycles. The smallest absolute Gasteiger partial charge is 0.414 e. The Morgan fingerprint density at radius 1 is 0.971 bits per heavy atom. The maximum absolute atomic E-state index is 12.2. The molecular weight excluding hydrogens is 503 g/mol. The Labute approximate surface area is 204 Å². The Bertz CT molecular complexity index is 1050. The highest BCUT2D eigenvalue weighted by molar-refractivity contribution is 7.89. The number of sulfonamides is 1. The molecule has 0 aromatic heterocycles. The molecule has 0 saturated heterocycles. The van der Waals surface area contributed by atoms with Gasteiger partial charge < -0.3 is 19.3 Å². The van der Waals surface area contributed by atoms with Crippen molar-refractivity contribution in [3.8, 4) is 0 Å². The lowest BCUT2D eigenvalue weighted by molar-refractivity contribution is 0.0545. The first-order valence-corrected chi connectivity index (χ1v) is 13.9. The van der Waals surface area contributed by atoms with E-state index in [4.69, 9.17) is 9.47 Å². The Balaban J connectivity index is 3.14. The second-order valence-electron chi connectivity index (χ2n) is 9.58. The van der Waals surface area contributed by atoms with Gasteiger partial charge in [-0.15, -0.1) is 0 Å². The normalized spacial score (nSPS) is 13.4. The van der Waals surface area contributed by atoms with Crippen molar-refractivity contribution in [1.29, 1.82) is 0 Å².